The van der Waals surface area contributed by atoms with Gasteiger partial charge in [0.1, 0.15) is 12.2 Å². The van der Waals surface area contributed by atoms with Gasteiger partial charge in [-0.25, -0.2) is 40.4 Å². The van der Waals surface area contributed by atoms with Crippen LogP contribution in [0.2, 0.25) is 0 Å². The first kappa shape index (κ1) is 55.9. The Kier molecular flexibility index (Phi) is 17.3. The molecular weight excluding hydrogens is 1050 g/mol. The predicted molar refractivity (Wildman–Crippen MR) is 286 cm³/mol. The van der Waals surface area contributed by atoms with Crippen LogP contribution in [0.15, 0.2) is 12.1 Å². The number of aromatic amines is 2. The number of hydrogen-bond acceptors (Lipinski definition) is 19. The summed E-state index contributed by atoms with van der Waals surface area (Å²) in [5, 5.41) is 26.7. The van der Waals surface area contributed by atoms with E-state index in [2.05, 4.69) is 61.6 Å². The van der Waals surface area contributed by atoms with Crippen molar-refractivity contribution in [2.75, 3.05) is 59.1 Å². The molecule has 4 aromatic rings. The topological polar surface area (TPSA) is 286 Å². The number of sulfonamides is 2. The molecule has 8 atom stereocenters. The van der Waals surface area contributed by atoms with Crippen molar-refractivity contribution < 1.29 is 49.4 Å². The van der Waals surface area contributed by atoms with Gasteiger partial charge in [-0.1, -0.05) is 12.8 Å². The fourth-order valence-electron chi connectivity index (χ4n) is 12.6. The standard InChI is InChI=1S/C51H74F2N14O9S2/c1-5-77(69,70)66-33-9-7-10-34(66)20-31(19-33)27-54-49-56-41(45(52)47(60-49)58-43-17-29(3)62-64-43)25-39-23-37(13-15-73-39)75-51(68)76-38-14-16-74-40(24-38)26-42-46(53)48(59-44-18-30(4)63-65-44)61-50(57-42)55-28-32-21-35-11-8-12-36(22-32)67(35)78(71,72)6-2/h17-18,31-40H,5-16,19-28H2,1-4H3,(H3,54,56,58,60,62,64)(H3,55,57,59,61,63,65). The summed E-state index contributed by atoms with van der Waals surface area (Å²) in [5.74, 6) is 0.124. The molecule has 6 N–H and O–H groups in total. The second-order valence-corrected chi connectivity index (χ2v) is 26.3. The number of H-pyrrole nitrogens is 2. The van der Waals surface area contributed by atoms with Gasteiger partial charge in [0.15, 0.2) is 34.9 Å². The van der Waals surface area contributed by atoms with Crippen LogP contribution in [0.3, 0.4) is 0 Å². The monoisotopic (exact) mass is 1130 g/mol. The van der Waals surface area contributed by atoms with Crippen molar-refractivity contribution >= 4 is 61.4 Å². The number of rotatable bonds is 20. The maximum atomic E-state index is 16.4. The van der Waals surface area contributed by atoms with Gasteiger partial charge in [-0.3, -0.25) is 10.2 Å². The third-order valence-corrected chi connectivity index (χ3v) is 20.2. The first-order chi connectivity index (χ1) is 37.5. The molecule has 6 aliphatic rings. The van der Waals surface area contributed by atoms with Gasteiger partial charge < -0.3 is 40.2 Å². The molecule has 0 aromatic carbocycles. The molecule has 0 radical (unpaired) electrons. The van der Waals surface area contributed by atoms with E-state index in [4.69, 9.17) is 18.9 Å². The van der Waals surface area contributed by atoms with Crippen LogP contribution in [-0.4, -0.2) is 158 Å². The smallest absolute Gasteiger partial charge is 0.431 e. The Hall–Kier alpha value is -5.35. The number of ether oxygens (including phenoxy) is 4. The van der Waals surface area contributed by atoms with E-state index in [9.17, 15) is 21.6 Å². The van der Waals surface area contributed by atoms with Crippen molar-refractivity contribution in [1.29, 1.82) is 0 Å². The zero-order chi connectivity index (χ0) is 54.7. The van der Waals surface area contributed by atoms with E-state index >= 15 is 8.78 Å². The highest BCUT2D eigenvalue weighted by molar-refractivity contribution is 7.89. The number of halogens is 2. The van der Waals surface area contributed by atoms with Crippen LogP contribution >= 0.6 is 0 Å². The molecule has 0 spiro atoms. The number of aromatic nitrogens is 8. The molecule has 428 valence electrons. The number of fused-ring (bicyclic) bond motifs is 4. The predicted octanol–water partition coefficient (Wildman–Crippen LogP) is 6.92. The first-order valence-electron chi connectivity index (χ1n) is 27.8. The van der Waals surface area contributed by atoms with E-state index in [1.165, 1.54) is 0 Å². The minimum atomic E-state index is -3.33. The molecule has 23 nitrogen and oxygen atoms in total. The molecule has 0 aliphatic carbocycles. The molecule has 10 rings (SSSR count). The number of hydrogen-bond donors (Lipinski definition) is 6. The van der Waals surface area contributed by atoms with Crippen molar-refractivity contribution in [3.63, 3.8) is 0 Å². The van der Waals surface area contributed by atoms with Crippen LogP contribution in [-0.2, 0) is 51.8 Å². The molecule has 6 saturated heterocycles. The lowest BCUT2D eigenvalue weighted by Gasteiger charge is -2.47. The van der Waals surface area contributed by atoms with E-state index in [1.807, 2.05) is 13.8 Å². The third kappa shape index (κ3) is 13.3. The largest absolute Gasteiger partial charge is 0.508 e. The summed E-state index contributed by atoms with van der Waals surface area (Å²) in [6, 6.07) is 3.24. The van der Waals surface area contributed by atoms with Crippen molar-refractivity contribution in [1.82, 2.24) is 48.9 Å². The minimum Gasteiger partial charge on any atom is -0.431 e. The van der Waals surface area contributed by atoms with Crippen molar-refractivity contribution in [2.45, 2.75) is 179 Å². The molecule has 6 aliphatic heterocycles. The van der Waals surface area contributed by atoms with Gasteiger partial charge in [0, 0.05) is 99.3 Å². The quantitative estimate of drug-likeness (QED) is 0.0490. The lowest BCUT2D eigenvalue weighted by Crippen LogP contribution is -2.55. The van der Waals surface area contributed by atoms with Crippen LogP contribution in [0.4, 0.5) is 48.7 Å². The van der Waals surface area contributed by atoms with Gasteiger partial charge in [0.25, 0.3) is 0 Å². The maximum absolute atomic E-state index is 16.4. The number of piperidine rings is 4. The molecular formula is C51H74F2N14O9S2. The number of carbonyl (C=O) groups excluding carboxylic acids is 1. The highest BCUT2D eigenvalue weighted by Crippen LogP contribution is 2.41. The number of nitrogens with zero attached hydrogens (tertiary/aromatic N) is 8. The number of aryl methyl sites for hydroxylation is 2. The molecule has 78 heavy (non-hydrogen) atoms. The van der Waals surface area contributed by atoms with Crippen LogP contribution in [0.5, 0.6) is 0 Å². The van der Waals surface area contributed by atoms with Gasteiger partial charge in [-0.2, -0.15) is 28.8 Å². The SMILES string of the molecule is CCS(=O)(=O)N1C2CCCC1CC(CNc1nc(CC3CC(OC(=O)OC4CCOC(Cc5nc(NCC6CC7CCCC(C6)N7S(=O)(=O)CC)nc(Nc6cc(C)[nH]n6)c5F)C4)CCO3)c(F)c(Nc3cc(C)[nH]n3)n1)C2. The number of anilines is 6. The highest BCUT2D eigenvalue weighted by atomic mass is 32.2. The Morgan fingerprint density at radius 3 is 1.38 bits per heavy atom. The molecule has 8 unspecified atom stereocenters. The average molecular weight is 1130 g/mol. The van der Waals surface area contributed by atoms with Gasteiger partial charge in [-0.05, 0) is 90.9 Å². The van der Waals surface area contributed by atoms with Crippen LogP contribution in [0, 0.1) is 37.3 Å². The Bertz CT molecular complexity index is 2750. The van der Waals surface area contributed by atoms with Gasteiger partial charge in [0.2, 0.25) is 31.9 Å². The maximum Gasteiger partial charge on any atom is 0.508 e. The van der Waals surface area contributed by atoms with Crippen LogP contribution in [0.25, 0.3) is 0 Å². The average Bonchev–Trinajstić information content (AvgIpc) is 4.12. The molecule has 4 aromatic heterocycles. The lowest BCUT2D eigenvalue weighted by molar-refractivity contribution is -0.0901. The molecule has 0 saturated carbocycles. The summed E-state index contributed by atoms with van der Waals surface area (Å²) in [5.41, 5.74) is 1.72. The van der Waals surface area contributed by atoms with Gasteiger partial charge in [-0.15, -0.1) is 0 Å². The Labute approximate surface area is 454 Å². The Morgan fingerprint density at radius 1 is 0.628 bits per heavy atom. The lowest BCUT2D eigenvalue weighted by atomic mass is 9.80. The third-order valence-electron chi connectivity index (χ3n) is 16.2. The normalized spacial score (nSPS) is 27.9. The summed E-state index contributed by atoms with van der Waals surface area (Å²) >= 11 is 0. The molecule has 0 amide bonds. The Morgan fingerprint density at radius 2 is 1.03 bits per heavy atom. The van der Waals surface area contributed by atoms with E-state index in [1.54, 1.807) is 34.6 Å². The fourth-order valence-corrected chi connectivity index (χ4v) is 15.8. The molecule has 27 heteroatoms. The van der Waals surface area contributed by atoms with E-state index in [0.29, 0.717) is 63.3 Å². The number of carbonyl (C=O) groups is 1. The van der Waals surface area contributed by atoms with Gasteiger partial charge >= 0.3 is 6.16 Å². The summed E-state index contributed by atoms with van der Waals surface area (Å²) in [4.78, 5) is 31.7. The summed E-state index contributed by atoms with van der Waals surface area (Å²) < 4.78 is 112. The second-order valence-electron chi connectivity index (χ2n) is 22.0. The van der Waals surface area contributed by atoms with E-state index in [0.717, 1.165) is 49.9 Å². The number of nitrogens with one attached hydrogen (secondary N) is 6. The van der Waals surface area contributed by atoms with Crippen molar-refractivity contribution in [3.8, 4) is 0 Å². The summed E-state index contributed by atoms with van der Waals surface area (Å²) in [6.07, 6.45) is 6.30. The molecule has 10 heterocycles. The van der Waals surface area contributed by atoms with Crippen LogP contribution < -0.4 is 21.3 Å². The minimum absolute atomic E-state index is 0.0480. The molecule has 4 bridgehead atoms. The zero-order valence-electron chi connectivity index (χ0n) is 44.8. The highest BCUT2D eigenvalue weighted by Gasteiger charge is 2.45. The van der Waals surface area contributed by atoms with Crippen molar-refractivity contribution in [3.05, 3.63) is 46.5 Å². The molecule has 6 fully saturated rings. The first-order valence-corrected chi connectivity index (χ1v) is 31.0. The Balaban J connectivity index is 0.755. The zero-order valence-corrected chi connectivity index (χ0v) is 46.4. The summed E-state index contributed by atoms with van der Waals surface area (Å²) in [7, 11) is -6.66. The van der Waals surface area contributed by atoms with Gasteiger partial charge in [0.05, 0.1) is 48.3 Å². The second kappa shape index (κ2) is 24.2. The van der Waals surface area contributed by atoms with E-state index < -0.39 is 62.3 Å². The van der Waals surface area contributed by atoms with E-state index in [-0.39, 0.29) is 121 Å². The summed E-state index contributed by atoms with van der Waals surface area (Å²) in [6.45, 7) is 8.47. The van der Waals surface area contributed by atoms with Crippen molar-refractivity contribution in [2.24, 2.45) is 11.8 Å². The fraction of sp³-hybridized carbons (Fsp3) is 0.706. The van der Waals surface area contributed by atoms with Crippen LogP contribution in [0.1, 0.15) is 127 Å².